The van der Waals surface area contributed by atoms with E-state index in [9.17, 15) is 17.6 Å². The average Bonchev–Trinajstić information content (AvgIpc) is 2.66. The number of anilines is 1. The van der Waals surface area contributed by atoms with Gasteiger partial charge in [-0.2, -0.15) is 24.9 Å². The highest BCUT2D eigenvalue weighted by Crippen LogP contribution is 2.33. The van der Waals surface area contributed by atoms with Gasteiger partial charge in [0.15, 0.2) is 0 Å². The summed E-state index contributed by atoms with van der Waals surface area (Å²) < 4.78 is 51.0. The van der Waals surface area contributed by atoms with Crippen molar-refractivity contribution < 1.29 is 17.6 Å². The Bertz CT molecular complexity index is 433. The van der Waals surface area contributed by atoms with Gasteiger partial charge in [0.05, 0.1) is 11.3 Å². The first-order valence-corrected chi connectivity index (χ1v) is 6.66. The van der Waals surface area contributed by atoms with Crippen molar-refractivity contribution in [3.63, 3.8) is 0 Å². The van der Waals surface area contributed by atoms with Gasteiger partial charge >= 0.3 is 6.18 Å². The predicted molar refractivity (Wildman–Crippen MR) is 65.3 cm³/mol. The molecule has 1 fully saturated rings. The second-order valence-electron chi connectivity index (χ2n) is 4.41. The molecule has 1 nitrogen and oxygen atoms in total. The molecule has 1 heterocycles. The van der Waals surface area contributed by atoms with E-state index in [1.165, 1.54) is 0 Å². The lowest BCUT2D eigenvalue weighted by atomic mass is 10.1. The molecule has 0 spiro atoms. The third kappa shape index (κ3) is 3.10. The highest BCUT2D eigenvalue weighted by atomic mass is 32.2. The first kappa shape index (κ1) is 13.5. The van der Waals surface area contributed by atoms with Crippen LogP contribution in [0, 0.1) is 5.82 Å². The second-order valence-corrected chi connectivity index (χ2v) is 5.88. The van der Waals surface area contributed by atoms with Gasteiger partial charge in [-0.1, -0.05) is 6.92 Å². The van der Waals surface area contributed by atoms with Crippen molar-refractivity contribution in [3.8, 4) is 0 Å². The van der Waals surface area contributed by atoms with Gasteiger partial charge in [-0.15, -0.1) is 0 Å². The molecule has 6 heteroatoms. The third-order valence-electron chi connectivity index (χ3n) is 2.85. The molecule has 1 N–H and O–H groups in total. The van der Waals surface area contributed by atoms with Gasteiger partial charge in [0.25, 0.3) is 0 Å². The predicted octanol–water partition coefficient (Wildman–Crippen LogP) is 4.15. The fraction of sp³-hybridized carbons (Fsp3) is 0.500. The molecule has 0 amide bonds. The van der Waals surface area contributed by atoms with E-state index in [0.29, 0.717) is 5.25 Å². The monoisotopic (exact) mass is 279 g/mol. The number of alkyl halides is 3. The van der Waals surface area contributed by atoms with E-state index in [-0.39, 0.29) is 11.7 Å². The molecule has 2 unspecified atom stereocenters. The van der Waals surface area contributed by atoms with Gasteiger partial charge in [-0.25, -0.2) is 4.39 Å². The van der Waals surface area contributed by atoms with Gasteiger partial charge in [0.2, 0.25) is 0 Å². The average molecular weight is 279 g/mol. The normalized spacial score (nSPS) is 24.3. The Kier molecular flexibility index (Phi) is 3.75. The Morgan fingerprint density at radius 1 is 1.33 bits per heavy atom. The Balaban J connectivity index is 2.16. The summed E-state index contributed by atoms with van der Waals surface area (Å²) in [5.41, 5.74) is -0.894. The lowest BCUT2D eigenvalue weighted by Gasteiger charge is -2.16. The number of benzene rings is 1. The minimum absolute atomic E-state index is 0.0305. The van der Waals surface area contributed by atoms with Crippen molar-refractivity contribution in [2.24, 2.45) is 0 Å². The summed E-state index contributed by atoms with van der Waals surface area (Å²) in [6, 6.07) is 2.48. The fourth-order valence-electron chi connectivity index (χ4n) is 1.95. The molecular weight excluding hydrogens is 266 g/mol. The summed E-state index contributed by atoms with van der Waals surface area (Å²) in [7, 11) is 0. The maximum Gasteiger partial charge on any atom is 0.416 e. The van der Waals surface area contributed by atoms with E-state index in [0.717, 1.165) is 30.4 Å². The molecule has 1 aromatic rings. The lowest BCUT2D eigenvalue weighted by Crippen LogP contribution is -2.20. The van der Waals surface area contributed by atoms with E-state index in [2.05, 4.69) is 12.2 Å². The number of rotatable bonds is 2. The quantitative estimate of drug-likeness (QED) is 0.816. The lowest BCUT2D eigenvalue weighted by molar-refractivity contribution is -0.137. The van der Waals surface area contributed by atoms with Crippen molar-refractivity contribution >= 4 is 17.4 Å². The Morgan fingerprint density at radius 3 is 2.61 bits per heavy atom. The van der Waals surface area contributed by atoms with E-state index in [1.807, 2.05) is 0 Å². The Morgan fingerprint density at radius 2 is 2.06 bits per heavy atom. The van der Waals surface area contributed by atoms with E-state index in [1.54, 1.807) is 11.8 Å². The number of nitrogens with one attached hydrogen (secondary N) is 1. The van der Waals surface area contributed by atoms with Crippen LogP contribution in [-0.4, -0.2) is 17.0 Å². The molecule has 1 aromatic carbocycles. The first-order chi connectivity index (χ1) is 8.36. The van der Waals surface area contributed by atoms with Gasteiger partial charge in [0.1, 0.15) is 5.82 Å². The summed E-state index contributed by atoms with van der Waals surface area (Å²) >= 11 is 1.73. The van der Waals surface area contributed by atoms with Crippen molar-refractivity contribution in [2.45, 2.75) is 30.8 Å². The minimum Gasteiger partial charge on any atom is -0.379 e. The van der Waals surface area contributed by atoms with E-state index < -0.39 is 17.6 Å². The van der Waals surface area contributed by atoms with Crippen LogP contribution < -0.4 is 5.32 Å². The molecule has 2 atom stereocenters. The van der Waals surface area contributed by atoms with Crippen LogP contribution in [0.1, 0.15) is 18.9 Å². The standard InChI is InChI=1S/C12H13F4NS/c1-7-4-9(6-18-7)17-11-5-8(12(14,15)16)2-3-10(11)13/h2-3,5,7,9,17H,4,6H2,1H3. The number of thioether (sulfide) groups is 1. The SMILES string of the molecule is CC1CC(Nc2cc(C(F)(F)F)ccc2F)CS1. The molecule has 2 rings (SSSR count). The molecule has 100 valence electrons. The Hall–Kier alpha value is -0.910. The zero-order valence-corrected chi connectivity index (χ0v) is 10.5. The minimum atomic E-state index is -4.44. The summed E-state index contributed by atoms with van der Waals surface area (Å²) in [5.74, 6) is 0.143. The van der Waals surface area contributed by atoms with Crippen LogP contribution >= 0.6 is 11.8 Å². The van der Waals surface area contributed by atoms with Gasteiger partial charge < -0.3 is 5.32 Å². The van der Waals surface area contributed by atoms with Crippen molar-refractivity contribution in [3.05, 3.63) is 29.6 Å². The van der Waals surface area contributed by atoms with Crippen molar-refractivity contribution in [1.29, 1.82) is 0 Å². The van der Waals surface area contributed by atoms with Crippen LogP contribution in [0.25, 0.3) is 0 Å². The molecule has 0 aliphatic carbocycles. The Labute approximate surface area is 107 Å². The van der Waals surface area contributed by atoms with Crippen LogP contribution in [0.2, 0.25) is 0 Å². The van der Waals surface area contributed by atoms with Gasteiger partial charge in [-0.3, -0.25) is 0 Å². The van der Waals surface area contributed by atoms with Gasteiger partial charge in [0, 0.05) is 17.0 Å². The van der Waals surface area contributed by atoms with E-state index in [4.69, 9.17) is 0 Å². The van der Waals surface area contributed by atoms with Crippen LogP contribution in [0.3, 0.4) is 0 Å². The number of halogens is 4. The molecule has 1 aliphatic rings. The maximum atomic E-state index is 13.5. The van der Waals surface area contributed by atoms with Gasteiger partial charge in [-0.05, 0) is 24.6 Å². The van der Waals surface area contributed by atoms with Crippen molar-refractivity contribution in [1.82, 2.24) is 0 Å². The molecule has 0 radical (unpaired) electrons. The second kappa shape index (κ2) is 4.99. The highest BCUT2D eigenvalue weighted by molar-refractivity contribution is 8.00. The molecule has 0 saturated carbocycles. The maximum absolute atomic E-state index is 13.5. The first-order valence-electron chi connectivity index (χ1n) is 5.61. The van der Waals surface area contributed by atoms with Crippen LogP contribution in [-0.2, 0) is 6.18 Å². The van der Waals surface area contributed by atoms with Crippen LogP contribution in [0.15, 0.2) is 18.2 Å². The summed E-state index contributed by atoms with van der Waals surface area (Å²) in [6.45, 7) is 2.05. The van der Waals surface area contributed by atoms with Crippen LogP contribution in [0.4, 0.5) is 23.2 Å². The van der Waals surface area contributed by atoms with E-state index >= 15 is 0 Å². The van der Waals surface area contributed by atoms with Crippen molar-refractivity contribution in [2.75, 3.05) is 11.1 Å². The van der Waals surface area contributed by atoms with Crippen LogP contribution in [0.5, 0.6) is 0 Å². The third-order valence-corrected chi connectivity index (χ3v) is 4.21. The summed E-state index contributed by atoms with van der Waals surface area (Å²) in [4.78, 5) is 0. The molecular formula is C12H13F4NS. The molecule has 0 bridgehead atoms. The molecule has 1 aliphatic heterocycles. The summed E-state index contributed by atoms with van der Waals surface area (Å²) in [6.07, 6.45) is -3.61. The molecule has 18 heavy (non-hydrogen) atoms. The molecule has 0 aromatic heterocycles. The zero-order chi connectivity index (χ0) is 13.3. The number of hydrogen-bond donors (Lipinski definition) is 1. The summed E-state index contributed by atoms with van der Waals surface area (Å²) in [5, 5.41) is 3.31. The largest absolute Gasteiger partial charge is 0.416 e. The number of hydrogen-bond acceptors (Lipinski definition) is 2. The highest BCUT2D eigenvalue weighted by Gasteiger charge is 2.31. The topological polar surface area (TPSA) is 12.0 Å². The zero-order valence-electron chi connectivity index (χ0n) is 9.72. The molecule has 1 saturated heterocycles. The fourth-order valence-corrected chi connectivity index (χ4v) is 3.10. The smallest absolute Gasteiger partial charge is 0.379 e.